The number of benzene rings is 4. The van der Waals surface area contributed by atoms with Gasteiger partial charge in [0.1, 0.15) is 11.5 Å². The van der Waals surface area contributed by atoms with Crippen molar-refractivity contribution in [1.82, 2.24) is 0 Å². The Hall–Kier alpha value is -4.22. The van der Waals surface area contributed by atoms with E-state index in [4.69, 9.17) is 21.3 Å². The van der Waals surface area contributed by atoms with Gasteiger partial charge in [-0.05, 0) is 72.0 Å². The molecule has 5 nitrogen and oxygen atoms in total. The van der Waals surface area contributed by atoms with Crippen LogP contribution in [0.15, 0.2) is 108 Å². The minimum atomic E-state index is -0.597. The lowest BCUT2D eigenvalue weighted by Gasteiger charge is -2.39. The molecule has 3 unspecified atom stereocenters. The van der Waals surface area contributed by atoms with E-state index in [0.717, 1.165) is 16.8 Å². The molecule has 0 spiro atoms. The maximum absolute atomic E-state index is 14.3. The third-order valence-electron chi connectivity index (χ3n) is 7.62. The van der Waals surface area contributed by atoms with Crippen LogP contribution in [-0.2, 0) is 4.79 Å². The van der Waals surface area contributed by atoms with E-state index in [-0.39, 0.29) is 17.6 Å². The Morgan fingerprint density at radius 2 is 1.62 bits per heavy atom. The number of hydrogen-bond donors (Lipinski definition) is 0. The summed E-state index contributed by atoms with van der Waals surface area (Å²) in [5.41, 5.74) is 4.57. The van der Waals surface area contributed by atoms with Gasteiger partial charge in [0.05, 0.1) is 30.4 Å². The number of aliphatic imine (C=N–C) groups is 1. The van der Waals surface area contributed by atoms with Crippen molar-refractivity contribution in [3.05, 3.63) is 125 Å². The molecule has 194 valence electrons. The van der Waals surface area contributed by atoms with Crippen molar-refractivity contribution in [3.8, 4) is 5.75 Å². The Labute approximate surface area is 232 Å². The van der Waals surface area contributed by atoms with E-state index >= 15 is 0 Å². The molecular weight excluding hydrogens is 508 g/mol. The third-order valence-corrected chi connectivity index (χ3v) is 7.88. The number of anilines is 1. The van der Waals surface area contributed by atoms with Crippen LogP contribution in [0.2, 0.25) is 5.02 Å². The summed E-state index contributed by atoms with van der Waals surface area (Å²) in [5, 5.41) is 0.660. The lowest BCUT2D eigenvalue weighted by atomic mass is 9.72. The molecule has 4 aromatic rings. The quantitative estimate of drug-likeness (QED) is 0.271. The number of fused-ring (bicyclic) bond motifs is 2. The van der Waals surface area contributed by atoms with Crippen LogP contribution >= 0.6 is 11.6 Å². The molecule has 1 fully saturated rings. The SMILES string of the molecule is COc1cccc(C2C3C(=O)CC(c4ccc(Cl)cc4)CC3=Nc3ccccc3N2C(=O)c2ccccc2)c1. The van der Waals surface area contributed by atoms with Crippen LogP contribution in [0.4, 0.5) is 11.4 Å². The number of Topliss-reactive ketones (excluding diaryl/α,β-unsaturated/α-hetero) is 1. The minimum absolute atomic E-state index is 0.0146. The van der Waals surface area contributed by atoms with E-state index in [1.807, 2.05) is 91.0 Å². The minimum Gasteiger partial charge on any atom is -0.497 e. The number of para-hydroxylation sites is 2. The van der Waals surface area contributed by atoms with E-state index in [0.29, 0.717) is 40.6 Å². The maximum atomic E-state index is 14.3. The summed E-state index contributed by atoms with van der Waals surface area (Å²) in [6, 6.07) is 31.6. The van der Waals surface area contributed by atoms with Gasteiger partial charge < -0.3 is 4.74 Å². The molecule has 6 heteroatoms. The number of ether oxygens (including phenoxy) is 1. The summed E-state index contributed by atoms with van der Waals surface area (Å²) in [4.78, 5) is 35.3. The van der Waals surface area contributed by atoms with E-state index in [9.17, 15) is 9.59 Å². The van der Waals surface area contributed by atoms with Gasteiger partial charge >= 0.3 is 0 Å². The first-order chi connectivity index (χ1) is 19.0. The number of halogens is 1. The molecule has 0 N–H and O–H groups in total. The van der Waals surface area contributed by atoms with Crippen LogP contribution in [0.25, 0.3) is 0 Å². The molecule has 0 bridgehead atoms. The number of ketones is 1. The van der Waals surface area contributed by atoms with E-state index in [2.05, 4.69) is 0 Å². The smallest absolute Gasteiger partial charge is 0.258 e. The number of carbonyl (C=O) groups is 2. The Kier molecular flexibility index (Phi) is 6.76. The van der Waals surface area contributed by atoms with Gasteiger partial charge in [-0.15, -0.1) is 0 Å². The predicted octanol–water partition coefficient (Wildman–Crippen LogP) is 7.59. The summed E-state index contributed by atoms with van der Waals surface area (Å²) >= 11 is 6.14. The summed E-state index contributed by atoms with van der Waals surface area (Å²) in [6.07, 6.45) is 0.968. The van der Waals surface area contributed by atoms with E-state index in [1.165, 1.54) is 0 Å². The summed E-state index contributed by atoms with van der Waals surface area (Å²) in [5.74, 6) is -0.0655. The molecule has 0 radical (unpaired) electrons. The molecule has 2 aliphatic rings. The Balaban J connectivity index is 1.54. The molecule has 1 heterocycles. The van der Waals surface area contributed by atoms with Crippen molar-refractivity contribution >= 4 is 40.4 Å². The van der Waals surface area contributed by atoms with Crippen molar-refractivity contribution in [3.63, 3.8) is 0 Å². The fourth-order valence-corrected chi connectivity index (χ4v) is 5.92. The molecule has 0 saturated heterocycles. The molecule has 1 saturated carbocycles. The molecule has 1 aliphatic carbocycles. The van der Waals surface area contributed by atoms with Crippen molar-refractivity contribution in [2.45, 2.75) is 24.8 Å². The number of methoxy groups -OCH3 is 1. The number of rotatable bonds is 4. The van der Waals surface area contributed by atoms with Crippen molar-refractivity contribution in [2.24, 2.45) is 10.9 Å². The zero-order valence-corrected chi connectivity index (χ0v) is 22.2. The second-order valence-corrected chi connectivity index (χ2v) is 10.4. The van der Waals surface area contributed by atoms with Crippen LogP contribution in [0.1, 0.15) is 46.3 Å². The number of hydrogen-bond acceptors (Lipinski definition) is 4. The first-order valence-corrected chi connectivity index (χ1v) is 13.4. The van der Waals surface area contributed by atoms with Crippen molar-refractivity contribution in [2.75, 3.05) is 12.0 Å². The highest BCUT2D eigenvalue weighted by molar-refractivity contribution is 6.30. The van der Waals surface area contributed by atoms with Gasteiger partial charge in [-0.25, -0.2) is 0 Å². The van der Waals surface area contributed by atoms with E-state index < -0.39 is 12.0 Å². The first kappa shape index (κ1) is 25.1. The molecule has 39 heavy (non-hydrogen) atoms. The van der Waals surface area contributed by atoms with Crippen molar-refractivity contribution < 1.29 is 14.3 Å². The molecule has 0 aromatic heterocycles. The topological polar surface area (TPSA) is 59.0 Å². The number of carbonyl (C=O) groups excluding carboxylic acids is 2. The van der Waals surface area contributed by atoms with Gasteiger partial charge in [0.25, 0.3) is 5.91 Å². The molecule has 3 atom stereocenters. The fourth-order valence-electron chi connectivity index (χ4n) is 5.79. The monoisotopic (exact) mass is 534 g/mol. The highest BCUT2D eigenvalue weighted by atomic mass is 35.5. The van der Waals surface area contributed by atoms with Gasteiger partial charge in [0.2, 0.25) is 0 Å². The van der Waals surface area contributed by atoms with Gasteiger partial charge in [-0.3, -0.25) is 19.5 Å². The summed E-state index contributed by atoms with van der Waals surface area (Å²) in [7, 11) is 1.61. The number of nitrogens with zero attached hydrogens (tertiary/aromatic N) is 2. The second kappa shape index (κ2) is 10.5. The highest BCUT2D eigenvalue weighted by Crippen LogP contribution is 2.48. The Bertz CT molecular complexity index is 1570. The standard InChI is InChI=1S/C33H27ClN2O3/c1-39-26-11-7-10-23(18-26)32-31-28(19-24(20-30(31)37)21-14-16-25(34)17-15-21)35-27-12-5-6-13-29(27)36(32)33(38)22-8-3-2-4-9-22/h2-18,24,31-32H,19-20H2,1H3. The van der Waals surface area contributed by atoms with Gasteiger partial charge in [0, 0.05) is 22.7 Å². The molecule has 1 amide bonds. The van der Waals surface area contributed by atoms with Crippen LogP contribution in [0.5, 0.6) is 5.75 Å². The lowest BCUT2D eigenvalue weighted by molar-refractivity contribution is -0.122. The predicted molar refractivity (Wildman–Crippen MR) is 154 cm³/mol. The average Bonchev–Trinajstić information content (AvgIpc) is 3.12. The van der Waals surface area contributed by atoms with Gasteiger partial charge in [-0.1, -0.05) is 66.2 Å². The molecular formula is C33H27ClN2O3. The molecule has 1 aliphatic heterocycles. The zero-order chi connectivity index (χ0) is 26.9. The third kappa shape index (κ3) is 4.75. The van der Waals surface area contributed by atoms with Crippen LogP contribution in [0, 0.1) is 5.92 Å². The van der Waals surface area contributed by atoms with Crippen LogP contribution in [0.3, 0.4) is 0 Å². The Morgan fingerprint density at radius 1 is 0.872 bits per heavy atom. The van der Waals surface area contributed by atoms with Crippen LogP contribution < -0.4 is 9.64 Å². The van der Waals surface area contributed by atoms with Crippen LogP contribution in [-0.4, -0.2) is 24.5 Å². The molecule has 6 rings (SSSR count). The Morgan fingerprint density at radius 3 is 2.38 bits per heavy atom. The lowest BCUT2D eigenvalue weighted by Crippen LogP contribution is -2.45. The largest absolute Gasteiger partial charge is 0.497 e. The average molecular weight is 535 g/mol. The second-order valence-electron chi connectivity index (χ2n) is 9.96. The van der Waals surface area contributed by atoms with Crippen molar-refractivity contribution in [1.29, 1.82) is 0 Å². The summed E-state index contributed by atoms with van der Waals surface area (Å²) < 4.78 is 5.54. The van der Waals surface area contributed by atoms with Gasteiger partial charge in [0.15, 0.2) is 0 Å². The normalized spacial score (nSPS) is 20.4. The first-order valence-electron chi connectivity index (χ1n) is 13.0. The summed E-state index contributed by atoms with van der Waals surface area (Å²) in [6.45, 7) is 0. The van der Waals surface area contributed by atoms with E-state index in [1.54, 1.807) is 24.1 Å². The highest BCUT2D eigenvalue weighted by Gasteiger charge is 2.46. The number of amides is 1. The fraction of sp³-hybridized carbons (Fsp3) is 0.182. The maximum Gasteiger partial charge on any atom is 0.258 e. The molecule has 4 aromatic carbocycles. The van der Waals surface area contributed by atoms with Gasteiger partial charge in [-0.2, -0.15) is 0 Å². The zero-order valence-electron chi connectivity index (χ0n) is 21.5.